The van der Waals surface area contributed by atoms with Gasteiger partial charge in [0, 0.05) is 11.9 Å². The van der Waals surface area contributed by atoms with Crippen molar-refractivity contribution >= 4 is 28.8 Å². The molecule has 0 unspecified atom stereocenters. The van der Waals surface area contributed by atoms with Crippen molar-refractivity contribution in [1.82, 2.24) is 14.6 Å². The number of hydrogen-bond donors (Lipinski definition) is 1. The minimum absolute atomic E-state index is 0.0674. The third-order valence-corrected chi connectivity index (χ3v) is 3.11. The summed E-state index contributed by atoms with van der Waals surface area (Å²) in [4.78, 5) is 11.8. The van der Waals surface area contributed by atoms with E-state index in [1.54, 1.807) is 22.7 Å². The van der Waals surface area contributed by atoms with Crippen molar-refractivity contribution in [3.8, 4) is 6.01 Å². The number of rotatable bonds is 4. The average Bonchev–Trinajstić information content (AvgIpc) is 2.92. The number of hydrogen-bond acceptors (Lipinski definition) is 4. The molecule has 0 atom stereocenters. The SMILES string of the molecule is O=C(COc1nnc2ccccn12)Nc1ccc(F)c(Cl)c1. The number of nitrogens with zero attached hydrogens (tertiary/aromatic N) is 3. The van der Waals surface area contributed by atoms with Crippen LogP contribution in [0.3, 0.4) is 0 Å². The summed E-state index contributed by atoms with van der Waals surface area (Å²) >= 11 is 5.64. The summed E-state index contributed by atoms with van der Waals surface area (Å²) in [5.41, 5.74) is 0.995. The molecule has 2 aromatic heterocycles. The second-order valence-electron chi connectivity index (χ2n) is 4.38. The molecule has 0 spiro atoms. The number of ether oxygens (including phenoxy) is 1. The number of nitrogens with one attached hydrogen (secondary N) is 1. The normalized spacial score (nSPS) is 10.6. The van der Waals surface area contributed by atoms with Crippen molar-refractivity contribution in [1.29, 1.82) is 0 Å². The van der Waals surface area contributed by atoms with Crippen molar-refractivity contribution in [2.45, 2.75) is 0 Å². The molecule has 3 rings (SSSR count). The first-order valence-corrected chi connectivity index (χ1v) is 6.69. The average molecular weight is 321 g/mol. The highest BCUT2D eigenvalue weighted by molar-refractivity contribution is 6.31. The summed E-state index contributed by atoms with van der Waals surface area (Å²) in [6.07, 6.45) is 1.72. The number of carbonyl (C=O) groups excluding carboxylic acids is 1. The van der Waals surface area contributed by atoms with E-state index in [2.05, 4.69) is 15.5 Å². The van der Waals surface area contributed by atoms with Crippen LogP contribution in [0.25, 0.3) is 5.65 Å². The Hall–Kier alpha value is -2.67. The molecular weight excluding hydrogens is 311 g/mol. The number of carbonyl (C=O) groups is 1. The third kappa shape index (κ3) is 2.99. The third-order valence-electron chi connectivity index (χ3n) is 2.82. The molecule has 0 aliphatic rings. The minimum Gasteiger partial charge on any atom is -0.453 e. The number of anilines is 1. The van der Waals surface area contributed by atoms with Crippen LogP contribution in [0.2, 0.25) is 5.02 Å². The summed E-state index contributed by atoms with van der Waals surface area (Å²) in [5, 5.41) is 10.2. The van der Waals surface area contributed by atoms with Gasteiger partial charge in [-0.15, -0.1) is 5.10 Å². The maximum atomic E-state index is 13.0. The number of halogens is 2. The molecule has 0 saturated carbocycles. The summed E-state index contributed by atoms with van der Waals surface area (Å²) < 4.78 is 20.0. The highest BCUT2D eigenvalue weighted by Crippen LogP contribution is 2.19. The molecule has 1 aromatic carbocycles. The second kappa shape index (κ2) is 5.98. The lowest BCUT2D eigenvalue weighted by molar-refractivity contribution is -0.118. The number of aromatic nitrogens is 3. The smallest absolute Gasteiger partial charge is 0.322 e. The van der Waals surface area contributed by atoms with Gasteiger partial charge in [0.15, 0.2) is 12.3 Å². The van der Waals surface area contributed by atoms with Gasteiger partial charge in [-0.25, -0.2) is 4.39 Å². The molecule has 0 radical (unpaired) electrons. The molecule has 1 N–H and O–H groups in total. The zero-order valence-corrected chi connectivity index (χ0v) is 11.9. The van der Waals surface area contributed by atoms with Crippen molar-refractivity contribution < 1.29 is 13.9 Å². The van der Waals surface area contributed by atoms with Gasteiger partial charge in [0.05, 0.1) is 5.02 Å². The number of amides is 1. The predicted octanol–water partition coefficient (Wildman–Crippen LogP) is 2.54. The topological polar surface area (TPSA) is 68.5 Å². The van der Waals surface area contributed by atoms with Crippen LogP contribution in [0, 0.1) is 5.82 Å². The largest absolute Gasteiger partial charge is 0.453 e. The van der Waals surface area contributed by atoms with Crippen LogP contribution in [0.15, 0.2) is 42.6 Å². The summed E-state index contributed by atoms with van der Waals surface area (Å²) in [6, 6.07) is 9.49. The highest BCUT2D eigenvalue weighted by Gasteiger charge is 2.09. The fraction of sp³-hybridized carbons (Fsp3) is 0.0714. The van der Waals surface area contributed by atoms with Gasteiger partial charge in [0.1, 0.15) is 5.82 Å². The van der Waals surface area contributed by atoms with Crippen LogP contribution in [0.4, 0.5) is 10.1 Å². The molecule has 0 fully saturated rings. The van der Waals surface area contributed by atoms with Gasteiger partial charge in [-0.3, -0.25) is 9.20 Å². The molecule has 0 aliphatic carbocycles. The summed E-state index contributed by atoms with van der Waals surface area (Å²) in [5.74, 6) is -0.971. The zero-order chi connectivity index (χ0) is 15.5. The summed E-state index contributed by atoms with van der Waals surface area (Å²) in [6.45, 7) is -0.259. The van der Waals surface area contributed by atoms with Crippen LogP contribution < -0.4 is 10.1 Å². The van der Waals surface area contributed by atoms with E-state index in [0.717, 1.165) is 0 Å². The molecule has 3 aromatic rings. The fourth-order valence-electron chi connectivity index (χ4n) is 1.82. The predicted molar refractivity (Wildman–Crippen MR) is 78.5 cm³/mol. The summed E-state index contributed by atoms with van der Waals surface area (Å²) in [7, 11) is 0. The van der Waals surface area contributed by atoms with Gasteiger partial charge in [-0.2, -0.15) is 0 Å². The van der Waals surface area contributed by atoms with E-state index >= 15 is 0 Å². The first-order chi connectivity index (χ1) is 10.6. The molecule has 22 heavy (non-hydrogen) atoms. The number of benzene rings is 1. The van der Waals surface area contributed by atoms with E-state index < -0.39 is 11.7 Å². The monoisotopic (exact) mass is 320 g/mol. The lowest BCUT2D eigenvalue weighted by Gasteiger charge is -2.06. The molecule has 112 valence electrons. The Kier molecular flexibility index (Phi) is 3.88. The van der Waals surface area contributed by atoms with Crippen LogP contribution >= 0.6 is 11.6 Å². The highest BCUT2D eigenvalue weighted by atomic mass is 35.5. The molecule has 1 amide bonds. The first-order valence-electron chi connectivity index (χ1n) is 6.31. The van der Waals surface area contributed by atoms with E-state index in [0.29, 0.717) is 11.3 Å². The fourth-order valence-corrected chi connectivity index (χ4v) is 2.00. The van der Waals surface area contributed by atoms with E-state index in [4.69, 9.17) is 16.3 Å². The van der Waals surface area contributed by atoms with Gasteiger partial charge in [0.25, 0.3) is 5.91 Å². The second-order valence-corrected chi connectivity index (χ2v) is 4.78. The lowest BCUT2D eigenvalue weighted by atomic mass is 10.3. The standard InChI is InChI=1S/C14H10ClFN4O2/c15-10-7-9(4-5-11(10)16)17-13(21)8-22-14-19-18-12-3-1-2-6-20(12)14/h1-7H,8H2,(H,17,21). The lowest BCUT2D eigenvalue weighted by Crippen LogP contribution is -2.20. The maximum Gasteiger partial charge on any atom is 0.322 e. The van der Waals surface area contributed by atoms with Crippen molar-refractivity contribution in [3.05, 3.63) is 53.4 Å². The Morgan fingerprint density at radius 1 is 1.32 bits per heavy atom. The Morgan fingerprint density at radius 2 is 2.18 bits per heavy atom. The molecule has 0 saturated heterocycles. The maximum absolute atomic E-state index is 13.0. The molecule has 8 heteroatoms. The van der Waals surface area contributed by atoms with E-state index in [1.165, 1.54) is 18.2 Å². The van der Waals surface area contributed by atoms with E-state index in [9.17, 15) is 9.18 Å². The Labute approximate surface area is 129 Å². The van der Waals surface area contributed by atoms with Gasteiger partial charge < -0.3 is 10.1 Å². The Morgan fingerprint density at radius 3 is 3.00 bits per heavy atom. The van der Waals surface area contributed by atoms with Gasteiger partial charge in [0.2, 0.25) is 0 Å². The van der Waals surface area contributed by atoms with Crippen LogP contribution in [0.1, 0.15) is 0 Å². The molecule has 0 aliphatic heterocycles. The van der Waals surface area contributed by atoms with Gasteiger partial charge in [-0.05, 0) is 30.3 Å². The number of pyridine rings is 1. The Bertz CT molecular complexity index is 837. The van der Waals surface area contributed by atoms with Gasteiger partial charge >= 0.3 is 6.01 Å². The molecular formula is C14H10ClFN4O2. The van der Waals surface area contributed by atoms with Crippen molar-refractivity contribution in [2.75, 3.05) is 11.9 Å². The molecule has 2 heterocycles. The van der Waals surface area contributed by atoms with E-state index in [-0.39, 0.29) is 17.6 Å². The van der Waals surface area contributed by atoms with E-state index in [1.807, 2.05) is 6.07 Å². The zero-order valence-electron chi connectivity index (χ0n) is 11.2. The van der Waals surface area contributed by atoms with Crippen LogP contribution in [0.5, 0.6) is 6.01 Å². The minimum atomic E-state index is -0.550. The quantitative estimate of drug-likeness (QED) is 0.802. The van der Waals surface area contributed by atoms with Crippen LogP contribution in [-0.4, -0.2) is 27.1 Å². The first kappa shape index (κ1) is 14.3. The number of fused-ring (bicyclic) bond motifs is 1. The van der Waals surface area contributed by atoms with Crippen molar-refractivity contribution in [3.63, 3.8) is 0 Å². The molecule has 6 nitrogen and oxygen atoms in total. The van der Waals surface area contributed by atoms with Crippen LogP contribution in [-0.2, 0) is 4.79 Å². The molecule has 0 bridgehead atoms. The van der Waals surface area contributed by atoms with Crippen molar-refractivity contribution in [2.24, 2.45) is 0 Å². The van der Waals surface area contributed by atoms with Gasteiger partial charge in [-0.1, -0.05) is 22.8 Å². The Balaban J connectivity index is 1.63.